The molecule has 86 valence electrons. The molecule has 0 N–H and O–H groups in total. The molecule has 0 fully saturated rings. The van der Waals surface area contributed by atoms with Gasteiger partial charge in [-0.05, 0) is 18.9 Å². The van der Waals surface area contributed by atoms with Crippen molar-refractivity contribution in [2.24, 2.45) is 0 Å². The van der Waals surface area contributed by atoms with Crippen LogP contribution < -0.4 is 4.57 Å². The van der Waals surface area contributed by atoms with Crippen LogP contribution in [-0.4, -0.2) is 5.33 Å². The summed E-state index contributed by atoms with van der Waals surface area (Å²) in [6.07, 6.45) is 5.27. The van der Waals surface area contributed by atoms with Gasteiger partial charge in [0, 0.05) is 17.8 Å². The van der Waals surface area contributed by atoms with Crippen molar-refractivity contribution in [3.05, 3.63) is 29.8 Å². The zero-order chi connectivity index (χ0) is 11.2. The summed E-state index contributed by atoms with van der Waals surface area (Å²) in [5.41, 5.74) is 3.63. The molecule has 0 atom stereocenters. The van der Waals surface area contributed by atoms with Crippen LogP contribution in [0.3, 0.4) is 0 Å². The van der Waals surface area contributed by atoms with Crippen LogP contribution in [0.5, 0.6) is 0 Å². The first-order valence-corrected chi connectivity index (χ1v) is 7.83. The van der Waals surface area contributed by atoms with E-state index < -0.39 is 0 Å². The zero-order valence-corrected chi connectivity index (χ0v) is 11.8. The van der Waals surface area contributed by atoms with Crippen molar-refractivity contribution in [2.75, 3.05) is 5.33 Å². The monoisotopic (exact) mass is 298 g/mol. The van der Waals surface area contributed by atoms with Crippen LogP contribution >= 0.6 is 27.3 Å². The first-order valence-electron chi connectivity index (χ1n) is 5.83. The fraction of sp³-hybridized carbons (Fsp3) is 0.462. The summed E-state index contributed by atoms with van der Waals surface area (Å²) in [5.74, 6) is 0. The van der Waals surface area contributed by atoms with Gasteiger partial charge in [0.05, 0.1) is 0 Å². The number of fused-ring (bicyclic) bond motifs is 1. The number of rotatable bonds is 6. The quantitative estimate of drug-likeness (QED) is 0.429. The number of aryl methyl sites for hydroxylation is 1. The van der Waals surface area contributed by atoms with Gasteiger partial charge in [0.25, 0.3) is 0 Å². The zero-order valence-electron chi connectivity index (χ0n) is 9.36. The Labute approximate surface area is 109 Å². The van der Waals surface area contributed by atoms with Gasteiger partial charge in [-0.2, -0.15) is 4.57 Å². The molecule has 0 bridgehead atoms. The number of hydrogen-bond acceptors (Lipinski definition) is 1. The van der Waals surface area contributed by atoms with Gasteiger partial charge in [0.2, 0.25) is 11.0 Å². The van der Waals surface area contributed by atoms with E-state index >= 15 is 0 Å². The second-order valence-electron chi connectivity index (χ2n) is 3.99. The highest BCUT2D eigenvalue weighted by Crippen LogP contribution is 2.15. The summed E-state index contributed by atoms with van der Waals surface area (Å²) in [6.45, 7) is 1.16. The second kappa shape index (κ2) is 6.36. The molecule has 1 heterocycles. The van der Waals surface area contributed by atoms with Crippen LogP contribution in [0, 0.1) is 0 Å². The van der Waals surface area contributed by atoms with E-state index in [9.17, 15) is 0 Å². The van der Waals surface area contributed by atoms with E-state index in [-0.39, 0.29) is 0 Å². The average Bonchev–Trinajstić information content (AvgIpc) is 2.73. The molecule has 0 radical (unpaired) electrons. The molecular weight excluding hydrogens is 282 g/mol. The number of nitrogens with zero attached hydrogens (tertiary/aromatic N) is 1. The summed E-state index contributed by atoms with van der Waals surface area (Å²) in [6, 6.07) is 8.64. The molecule has 2 rings (SSSR count). The summed E-state index contributed by atoms with van der Waals surface area (Å²) in [4.78, 5) is 0. The lowest BCUT2D eigenvalue weighted by atomic mass is 10.2. The third kappa shape index (κ3) is 3.05. The SMILES string of the molecule is BrCCCCCC[n+]1csc2ccccc21. The van der Waals surface area contributed by atoms with Crippen molar-refractivity contribution in [1.82, 2.24) is 0 Å². The molecule has 0 aliphatic rings. The molecule has 16 heavy (non-hydrogen) atoms. The Morgan fingerprint density at radius 2 is 1.88 bits per heavy atom. The Morgan fingerprint density at radius 1 is 1.06 bits per heavy atom. The van der Waals surface area contributed by atoms with E-state index in [4.69, 9.17) is 0 Å². The molecule has 0 spiro atoms. The summed E-state index contributed by atoms with van der Waals surface area (Å²) in [7, 11) is 0. The van der Waals surface area contributed by atoms with E-state index in [1.54, 1.807) is 0 Å². The lowest BCUT2D eigenvalue weighted by Gasteiger charge is -1.96. The molecule has 1 nitrogen and oxygen atoms in total. The van der Waals surface area contributed by atoms with Crippen LogP contribution in [0.1, 0.15) is 25.7 Å². The minimum atomic E-state index is 1.14. The molecular formula is C13H17BrNS+. The fourth-order valence-electron chi connectivity index (χ4n) is 1.87. The maximum Gasteiger partial charge on any atom is 0.225 e. The second-order valence-corrected chi connectivity index (χ2v) is 5.67. The standard InChI is InChI=1S/C13H17BrNS/c14-9-5-1-2-6-10-15-11-16-13-8-4-3-7-12(13)15/h3-4,7-8,11H,1-2,5-6,9-10H2/q+1. The minimum absolute atomic E-state index is 1.14. The van der Waals surface area contributed by atoms with E-state index in [2.05, 4.69) is 50.3 Å². The summed E-state index contributed by atoms with van der Waals surface area (Å²) < 4.78 is 3.77. The largest absolute Gasteiger partial charge is 0.225 e. The molecule has 0 unspecified atom stereocenters. The molecule has 0 aliphatic carbocycles. The van der Waals surface area contributed by atoms with E-state index in [1.807, 2.05) is 11.3 Å². The third-order valence-electron chi connectivity index (χ3n) is 2.76. The Morgan fingerprint density at radius 3 is 2.75 bits per heavy atom. The van der Waals surface area contributed by atoms with Crippen LogP contribution in [0.15, 0.2) is 29.8 Å². The number of unbranched alkanes of at least 4 members (excludes halogenated alkanes) is 3. The van der Waals surface area contributed by atoms with Gasteiger partial charge < -0.3 is 0 Å². The number of hydrogen-bond donors (Lipinski definition) is 0. The van der Waals surface area contributed by atoms with Crippen molar-refractivity contribution >= 4 is 37.5 Å². The fourth-order valence-corrected chi connectivity index (χ4v) is 3.19. The van der Waals surface area contributed by atoms with Gasteiger partial charge in [-0.3, -0.25) is 0 Å². The van der Waals surface area contributed by atoms with Gasteiger partial charge in [-0.25, -0.2) is 0 Å². The predicted molar refractivity (Wildman–Crippen MR) is 74.3 cm³/mol. The smallest absolute Gasteiger partial charge is 0.188 e. The predicted octanol–water partition coefficient (Wildman–Crippen LogP) is 4.14. The number of para-hydroxylation sites is 1. The molecule has 2 aromatic rings. The van der Waals surface area contributed by atoms with Crippen LogP contribution in [0.4, 0.5) is 0 Å². The van der Waals surface area contributed by atoms with E-state index in [0.717, 1.165) is 11.9 Å². The van der Waals surface area contributed by atoms with Gasteiger partial charge in [0.15, 0.2) is 0 Å². The Hall–Kier alpha value is -0.410. The Kier molecular flexibility index (Phi) is 4.79. The highest BCUT2D eigenvalue weighted by Gasteiger charge is 2.09. The topological polar surface area (TPSA) is 3.88 Å². The van der Waals surface area contributed by atoms with Crippen molar-refractivity contribution in [1.29, 1.82) is 0 Å². The maximum atomic E-state index is 3.47. The molecule has 0 amide bonds. The van der Waals surface area contributed by atoms with Crippen molar-refractivity contribution in [3.63, 3.8) is 0 Å². The third-order valence-corrected chi connectivity index (χ3v) is 4.28. The number of alkyl halides is 1. The number of thiazole rings is 1. The highest BCUT2D eigenvalue weighted by molar-refractivity contribution is 9.09. The summed E-state index contributed by atoms with van der Waals surface area (Å²) >= 11 is 5.31. The molecule has 1 aromatic heterocycles. The maximum absolute atomic E-state index is 3.47. The normalized spacial score (nSPS) is 11.1. The molecule has 3 heteroatoms. The van der Waals surface area contributed by atoms with Crippen LogP contribution in [0.2, 0.25) is 0 Å². The van der Waals surface area contributed by atoms with E-state index in [1.165, 1.54) is 35.9 Å². The van der Waals surface area contributed by atoms with Gasteiger partial charge in [0.1, 0.15) is 11.2 Å². The van der Waals surface area contributed by atoms with Crippen molar-refractivity contribution in [2.45, 2.75) is 32.2 Å². The summed E-state index contributed by atoms with van der Waals surface area (Å²) in [5, 5.41) is 1.14. The number of aromatic nitrogens is 1. The molecule has 0 saturated heterocycles. The Bertz CT molecular complexity index is 438. The van der Waals surface area contributed by atoms with Gasteiger partial charge >= 0.3 is 0 Å². The van der Waals surface area contributed by atoms with Gasteiger partial charge in [-0.1, -0.05) is 45.8 Å². The first-order chi connectivity index (χ1) is 7.92. The molecule has 0 saturated carbocycles. The Balaban J connectivity index is 1.89. The highest BCUT2D eigenvalue weighted by atomic mass is 79.9. The van der Waals surface area contributed by atoms with Crippen LogP contribution in [-0.2, 0) is 6.54 Å². The van der Waals surface area contributed by atoms with Crippen molar-refractivity contribution in [3.8, 4) is 0 Å². The van der Waals surface area contributed by atoms with E-state index in [0.29, 0.717) is 0 Å². The van der Waals surface area contributed by atoms with Gasteiger partial charge in [-0.15, -0.1) is 0 Å². The molecule has 0 aliphatic heterocycles. The number of halogens is 1. The number of benzene rings is 1. The lowest BCUT2D eigenvalue weighted by molar-refractivity contribution is -0.667. The first kappa shape index (κ1) is 12.1. The molecule has 1 aromatic carbocycles. The van der Waals surface area contributed by atoms with Crippen LogP contribution in [0.25, 0.3) is 10.2 Å². The average molecular weight is 299 g/mol. The lowest BCUT2D eigenvalue weighted by Crippen LogP contribution is -2.31. The van der Waals surface area contributed by atoms with Crippen molar-refractivity contribution < 1.29 is 4.57 Å². The minimum Gasteiger partial charge on any atom is -0.188 e.